The largest absolute Gasteiger partial charge is 0.481 e. The van der Waals surface area contributed by atoms with Crippen LogP contribution in [0.4, 0.5) is 0 Å². The van der Waals surface area contributed by atoms with Crippen LogP contribution in [-0.4, -0.2) is 24.2 Å². The van der Waals surface area contributed by atoms with E-state index in [0.29, 0.717) is 12.3 Å². The molecule has 0 bridgehead atoms. The van der Waals surface area contributed by atoms with E-state index in [2.05, 4.69) is 11.9 Å². The Bertz CT molecular complexity index is 208. The first-order valence-electron chi connectivity index (χ1n) is 5.75. The minimum Gasteiger partial charge on any atom is -0.481 e. The molecule has 1 rings (SSSR count). The van der Waals surface area contributed by atoms with Gasteiger partial charge in [0.15, 0.2) is 0 Å². The van der Waals surface area contributed by atoms with Gasteiger partial charge in [0.1, 0.15) is 0 Å². The van der Waals surface area contributed by atoms with Crippen molar-refractivity contribution in [1.29, 1.82) is 0 Å². The van der Waals surface area contributed by atoms with Crippen LogP contribution < -0.4 is 5.32 Å². The number of rotatable bonds is 6. The summed E-state index contributed by atoms with van der Waals surface area (Å²) in [5.41, 5.74) is 0. The van der Waals surface area contributed by atoms with E-state index in [9.17, 15) is 4.79 Å². The molecule has 3 nitrogen and oxygen atoms in total. The van der Waals surface area contributed by atoms with Gasteiger partial charge in [-0.25, -0.2) is 0 Å². The summed E-state index contributed by atoms with van der Waals surface area (Å²) < 4.78 is 0. The number of carboxylic acid groups (broad SMARTS) is 1. The molecule has 0 aromatic carbocycles. The highest BCUT2D eigenvalue weighted by molar-refractivity contribution is 5.67. The number of hydrogen-bond acceptors (Lipinski definition) is 2. The van der Waals surface area contributed by atoms with Gasteiger partial charge in [-0.2, -0.15) is 0 Å². The molecule has 0 spiro atoms. The summed E-state index contributed by atoms with van der Waals surface area (Å²) in [5, 5.41) is 12.0. The Kier molecular flexibility index (Phi) is 5.40. The van der Waals surface area contributed by atoms with Gasteiger partial charge in [0.05, 0.1) is 0 Å². The van der Waals surface area contributed by atoms with E-state index in [1.807, 2.05) is 6.08 Å². The van der Waals surface area contributed by atoms with Crippen molar-refractivity contribution < 1.29 is 9.90 Å². The van der Waals surface area contributed by atoms with Crippen molar-refractivity contribution in [3.63, 3.8) is 0 Å². The van der Waals surface area contributed by atoms with Gasteiger partial charge in [0.2, 0.25) is 0 Å². The van der Waals surface area contributed by atoms with Gasteiger partial charge in [-0.05, 0) is 44.1 Å². The highest BCUT2D eigenvalue weighted by atomic mass is 16.4. The molecule has 0 atom stereocenters. The molecule has 0 aliphatic heterocycles. The second-order valence-electron chi connectivity index (χ2n) is 4.43. The van der Waals surface area contributed by atoms with Crippen molar-refractivity contribution in [2.75, 3.05) is 13.1 Å². The summed E-state index contributed by atoms with van der Waals surface area (Å²) >= 11 is 0. The molecule has 2 N–H and O–H groups in total. The van der Waals surface area contributed by atoms with Crippen molar-refractivity contribution >= 4 is 5.97 Å². The molecule has 0 aromatic rings. The fraction of sp³-hybridized carbons (Fsp3) is 0.750. The lowest BCUT2D eigenvalue weighted by Crippen LogP contribution is -2.27. The van der Waals surface area contributed by atoms with E-state index in [4.69, 9.17) is 5.11 Å². The maximum absolute atomic E-state index is 10.5. The second-order valence-corrected chi connectivity index (χ2v) is 4.43. The number of hydrogen-bond donors (Lipinski definition) is 2. The molecule has 1 fully saturated rings. The lowest BCUT2D eigenvalue weighted by Gasteiger charge is -2.27. The Morgan fingerprint density at radius 2 is 1.93 bits per heavy atom. The second kappa shape index (κ2) is 6.62. The Labute approximate surface area is 91.6 Å². The zero-order chi connectivity index (χ0) is 11.1. The van der Waals surface area contributed by atoms with Gasteiger partial charge < -0.3 is 10.4 Å². The highest BCUT2D eigenvalue weighted by Gasteiger charge is 2.22. The first-order valence-corrected chi connectivity index (χ1v) is 5.75. The molecule has 0 unspecified atom stereocenters. The quantitative estimate of drug-likeness (QED) is 0.522. The molecule has 1 aliphatic rings. The Balaban J connectivity index is 2.12. The fourth-order valence-corrected chi connectivity index (χ4v) is 2.28. The zero-order valence-electron chi connectivity index (χ0n) is 9.24. The van der Waals surface area contributed by atoms with Gasteiger partial charge in [-0.15, -0.1) is 6.58 Å². The fourth-order valence-electron chi connectivity index (χ4n) is 2.28. The summed E-state index contributed by atoms with van der Waals surface area (Å²) in [5.74, 6) is 0.497. The van der Waals surface area contributed by atoms with Crippen LogP contribution in [0.3, 0.4) is 0 Å². The molecule has 0 aromatic heterocycles. The molecule has 1 aliphatic carbocycles. The zero-order valence-corrected chi connectivity index (χ0v) is 9.24. The number of carbonyl (C=O) groups is 1. The van der Waals surface area contributed by atoms with E-state index in [0.717, 1.165) is 31.8 Å². The summed E-state index contributed by atoms with van der Waals surface area (Å²) in [6, 6.07) is 0. The summed E-state index contributed by atoms with van der Waals surface area (Å²) in [6.07, 6.45) is 6.71. The topological polar surface area (TPSA) is 49.3 Å². The molecule has 86 valence electrons. The van der Waals surface area contributed by atoms with Crippen LogP contribution in [0.1, 0.15) is 32.1 Å². The van der Waals surface area contributed by atoms with Gasteiger partial charge in [0.25, 0.3) is 0 Å². The lowest BCUT2D eigenvalue weighted by molar-refractivity contribution is -0.138. The van der Waals surface area contributed by atoms with E-state index < -0.39 is 5.97 Å². The molecule has 0 radical (unpaired) electrons. The third-order valence-electron chi connectivity index (χ3n) is 3.15. The number of carboxylic acids is 1. The van der Waals surface area contributed by atoms with E-state index >= 15 is 0 Å². The first kappa shape index (κ1) is 12.2. The third-order valence-corrected chi connectivity index (χ3v) is 3.15. The van der Waals surface area contributed by atoms with E-state index in [1.54, 1.807) is 0 Å². The summed E-state index contributed by atoms with van der Waals surface area (Å²) in [6.45, 7) is 5.58. The SMILES string of the molecule is C=CCNCC1CCC(CC(=O)O)CC1. The van der Waals surface area contributed by atoms with Crippen LogP contribution in [0.25, 0.3) is 0 Å². The molecule has 3 heteroatoms. The highest BCUT2D eigenvalue weighted by Crippen LogP contribution is 2.30. The van der Waals surface area contributed by atoms with Gasteiger partial charge >= 0.3 is 5.97 Å². The molecular formula is C12H21NO2. The lowest BCUT2D eigenvalue weighted by atomic mass is 9.80. The van der Waals surface area contributed by atoms with Crippen LogP contribution in [0, 0.1) is 11.8 Å². The predicted octanol–water partition coefficient (Wildman–Crippen LogP) is 2.04. The summed E-state index contributed by atoms with van der Waals surface area (Å²) in [7, 11) is 0. The average Bonchev–Trinajstić information content (AvgIpc) is 2.20. The van der Waals surface area contributed by atoms with Crippen molar-refractivity contribution in [3.8, 4) is 0 Å². The number of aliphatic carboxylic acids is 1. The molecule has 0 heterocycles. The Hall–Kier alpha value is -0.830. The van der Waals surface area contributed by atoms with E-state index in [1.165, 1.54) is 12.8 Å². The van der Waals surface area contributed by atoms with Crippen molar-refractivity contribution in [2.24, 2.45) is 11.8 Å². The minimum atomic E-state index is -0.650. The molecular weight excluding hydrogens is 190 g/mol. The molecule has 0 saturated heterocycles. The minimum absolute atomic E-state index is 0.354. The monoisotopic (exact) mass is 211 g/mol. The number of nitrogens with one attached hydrogen (secondary N) is 1. The predicted molar refractivity (Wildman–Crippen MR) is 60.8 cm³/mol. The molecule has 1 saturated carbocycles. The van der Waals surface area contributed by atoms with Crippen molar-refractivity contribution in [1.82, 2.24) is 5.32 Å². The maximum Gasteiger partial charge on any atom is 0.303 e. The third kappa shape index (κ3) is 4.98. The molecule has 15 heavy (non-hydrogen) atoms. The Morgan fingerprint density at radius 3 is 2.47 bits per heavy atom. The van der Waals surface area contributed by atoms with Crippen LogP contribution in [0.2, 0.25) is 0 Å². The summed E-state index contributed by atoms with van der Waals surface area (Å²) in [4.78, 5) is 10.5. The van der Waals surface area contributed by atoms with Crippen molar-refractivity contribution in [3.05, 3.63) is 12.7 Å². The van der Waals surface area contributed by atoms with E-state index in [-0.39, 0.29) is 0 Å². The van der Waals surface area contributed by atoms with Crippen molar-refractivity contribution in [2.45, 2.75) is 32.1 Å². The first-order chi connectivity index (χ1) is 7.22. The smallest absolute Gasteiger partial charge is 0.303 e. The maximum atomic E-state index is 10.5. The van der Waals surface area contributed by atoms with Gasteiger partial charge in [-0.1, -0.05) is 6.08 Å². The van der Waals surface area contributed by atoms with Gasteiger partial charge in [0, 0.05) is 13.0 Å². The average molecular weight is 211 g/mol. The molecule has 0 amide bonds. The van der Waals surface area contributed by atoms with Gasteiger partial charge in [-0.3, -0.25) is 4.79 Å². The Morgan fingerprint density at radius 1 is 1.33 bits per heavy atom. The van der Waals surface area contributed by atoms with Crippen LogP contribution >= 0.6 is 0 Å². The van der Waals surface area contributed by atoms with Crippen LogP contribution in [0.15, 0.2) is 12.7 Å². The standard InChI is InChI=1S/C12H21NO2/c1-2-7-13-9-11-5-3-10(4-6-11)8-12(14)15/h2,10-11,13H,1,3-9H2,(H,14,15). The van der Waals surface area contributed by atoms with Crippen LogP contribution in [-0.2, 0) is 4.79 Å². The normalized spacial score (nSPS) is 26.1. The van der Waals surface area contributed by atoms with Crippen LogP contribution in [0.5, 0.6) is 0 Å².